The van der Waals surface area contributed by atoms with Gasteiger partial charge in [-0.1, -0.05) is 0 Å². The Morgan fingerprint density at radius 3 is 2.35 bits per heavy atom. The van der Waals surface area contributed by atoms with E-state index in [4.69, 9.17) is 4.98 Å². The highest BCUT2D eigenvalue weighted by molar-refractivity contribution is 5.78. The average Bonchev–Trinajstić information content (AvgIpc) is 3.29. The second kappa shape index (κ2) is 11.1. The minimum atomic E-state index is -0.565. The number of benzene rings is 1. The highest BCUT2D eigenvalue weighted by Gasteiger charge is 2.29. The van der Waals surface area contributed by atoms with Crippen molar-refractivity contribution < 1.29 is 8.78 Å². The summed E-state index contributed by atoms with van der Waals surface area (Å²) in [4.78, 5) is 20.5. The largest absolute Gasteiger partial charge is 0.370 e. The Labute approximate surface area is 233 Å². The number of piperidine rings is 1. The molecule has 5 heterocycles. The summed E-state index contributed by atoms with van der Waals surface area (Å²) in [6, 6.07) is 11.0. The summed E-state index contributed by atoms with van der Waals surface area (Å²) in [6.45, 7) is 9.66. The van der Waals surface area contributed by atoms with E-state index in [1.807, 2.05) is 43.0 Å². The predicted molar refractivity (Wildman–Crippen MR) is 155 cm³/mol. The van der Waals surface area contributed by atoms with Crippen LogP contribution in [0.5, 0.6) is 0 Å². The Bertz CT molecular complexity index is 1480. The lowest BCUT2D eigenvalue weighted by Gasteiger charge is -2.43. The molecule has 2 saturated heterocycles. The lowest BCUT2D eigenvalue weighted by atomic mass is 10.0. The molecular formula is C30H36F2N8. The molecule has 0 unspecified atom stereocenters. The number of hydrogen-bond donors (Lipinski definition) is 1. The maximum Gasteiger partial charge on any atom is 0.165 e. The molecule has 0 radical (unpaired) electrons. The first-order chi connectivity index (χ1) is 19.4. The van der Waals surface area contributed by atoms with E-state index in [0.29, 0.717) is 41.8 Å². The number of halogens is 2. The Hall–Kier alpha value is -3.63. The molecule has 6 rings (SSSR count). The summed E-state index contributed by atoms with van der Waals surface area (Å²) in [5.74, 6) is 0.244. The van der Waals surface area contributed by atoms with Crippen LogP contribution in [0.25, 0.3) is 28.1 Å². The number of rotatable bonds is 6. The van der Waals surface area contributed by atoms with E-state index >= 15 is 8.78 Å². The molecule has 0 atom stereocenters. The van der Waals surface area contributed by atoms with Crippen LogP contribution in [-0.2, 0) is 0 Å². The van der Waals surface area contributed by atoms with Crippen LogP contribution in [0, 0.1) is 18.6 Å². The normalized spacial score (nSPS) is 17.6. The number of aryl methyl sites for hydroxylation is 1. The fourth-order valence-corrected chi connectivity index (χ4v) is 6.06. The summed E-state index contributed by atoms with van der Waals surface area (Å²) < 4.78 is 32.9. The van der Waals surface area contributed by atoms with E-state index < -0.39 is 11.6 Å². The molecule has 0 aliphatic carbocycles. The second-order valence-corrected chi connectivity index (χ2v) is 10.8. The van der Waals surface area contributed by atoms with E-state index in [-0.39, 0.29) is 5.69 Å². The lowest BCUT2D eigenvalue weighted by Crippen LogP contribution is -2.53. The summed E-state index contributed by atoms with van der Waals surface area (Å²) in [7, 11) is 2.16. The van der Waals surface area contributed by atoms with Crippen molar-refractivity contribution in [3.63, 3.8) is 0 Å². The Morgan fingerprint density at radius 1 is 0.925 bits per heavy atom. The van der Waals surface area contributed by atoms with Crippen molar-refractivity contribution in [2.45, 2.75) is 32.7 Å². The highest BCUT2D eigenvalue weighted by Crippen LogP contribution is 2.31. The minimum Gasteiger partial charge on any atom is -0.370 e. The first kappa shape index (κ1) is 26.6. The van der Waals surface area contributed by atoms with Gasteiger partial charge in [-0.05, 0) is 71.1 Å². The van der Waals surface area contributed by atoms with Crippen LogP contribution < -0.4 is 10.2 Å². The third kappa shape index (κ3) is 5.13. The molecule has 40 heavy (non-hydrogen) atoms. The van der Waals surface area contributed by atoms with Crippen LogP contribution >= 0.6 is 0 Å². The number of hydrogen-bond acceptors (Lipinski definition) is 7. The molecule has 3 aromatic heterocycles. The van der Waals surface area contributed by atoms with Crippen LogP contribution in [-0.4, -0.2) is 88.2 Å². The predicted octanol–water partition coefficient (Wildman–Crippen LogP) is 4.72. The summed E-state index contributed by atoms with van der Waals surface area (Å²) >= 11 is 0. The number of pyridine rings is 2. The van der Waals surface area contributed by atoms with E-state index in [9.17, 15) is 0 Å². The summed E-state index contributed by atoms with van der Waals surface area (Å²) in [5.41, 5.74) is 3.26. The van der Waals surface area contributed by atoms with Gasteiger partial charge in [0, 0.05) is 62.7 Å². The van der Waals surface area contributed by atoms with Crippen LogP contribution in [0.4, 0.5) is 20.3 Å². The number of fused-ring (bicyclic) bond motifs is 1. The van der Waals surface area contributed by atoms with Crippen LogP contribution in [0.1, 0.15) is 25.6 Å². The van der Waals surface area contributed by atoms with Gasteiger partial charge < -0.3 is 15.1 Å². The fourth-order valence-electron chi connectivity index (χ4n) is 6.06. The molecule has 0 spiro atoms. The van der Waals surface area contributed by atoms with Gasteiger partial charge in [0.2, 0.25) is 0 Å². The van der Waals surface area contributed by atoms with Gasteiger partial charge in [-0.3, -0.25) is 9.47 Å². The molecule has 0 saturated carbocycles. The van der Waals surface area contributed by atoms with Crippen molar-refractivity contribution in [2.24, 2.45) is 0 Å². The number of nitrogens with one attached hydrogen (secondary N) is 1. The minimum absolute atomic E-state index is 0.0511. The molecule has 210 valence electrons. The third-order valence-electron chi connectivity index (χ3n) is 8.18. The van der Waals surface area contributed by atoms with Gasteiger partial charge in [0.25, 0.3) is 0 Å². The van der Waals surface area contributed by atoms with E-state index in [2.05, 4.69) is 32.1 Å². The van der Waals surface area contributed by atoms with Gasteiger partial charge in [0.05, 0.1) is 11.4 Å². The lowest BCUT2D eigenvalue weighted by molar-refractivity contribution is 0.115. The maximum atomic E-state index is 15.6. The third-order valence-corrected chi connectivity index (χ3v) is 8.18. The molecule has 8 nitrogen and oxygen atoms in total. The van der Waals surface area contributed by atoms with Crippen LogP contribution in [0.3, 0.4) is 0 Å². The zero-order chi connectivity index (χ0) is 27.8. The van der Waals surface area contributed by atoms with Crippen molar-refractivity contribution in [2.75, 3.05) is 63.1 Å². The summed E-state index contributed by atoms with van der Waals surface area (Å²) in [6.07, 6.45) is 4.04. The maximum absolute atomic E-state index is 15.6. The summed E-state index contributed by atoms with van der Waals surface area (Å²) in [5, 5.41) is 3.21. The molecule has 1 N–H and O–H groups in total. The molecule has 2 aliphatic rings. The van der Waals surface area contributed by atoms with Gasteiger partial charge in [-0.2, -0.15) is 0 Å². The van der Waals surface area contributed by atoms with Crippen molar-refractivity contribution in [1.82, 2.24) is 29.3 Å². The van der Waals surface area contributed by atoms with Gasteiger partial charge >= 0.3 is 0 Å². The molecule has 2 aliphatic heterocycles. The molecule has 4 aromatic rings. The van der Waals surface area contributed by atoms with Crippen molar-refractivity contribution in [3.8, 4) is 16.9 Å². The zero-order valence-electron chi connectivity index (χ0n) is 23.4. The average molecular weight is 547 g/mol. The number of imidazole rings is 1. The van der Waals surface area contributed by atoms with Gasteiger partial charge in [0.15, 0.2) is 17.3 Å². The highest BCUT2D eigenvalue weighted by atomic mass is 19.1. The van der Waals surface area contributed by atoms with E-state index in [1.54, 1.807) is 10.8 Å². The van der Waals surface area contributed by atoms with Crippen molar-refractivity contribution in [3.05, 3.63) is 60.1 Å². The molecule has 0 amide bonds. The fraction of sp³-hybridized carbons (Fsp3) is 0.433. The standard InChI is InChI=1S/C30H36F2N8/c1-4-33-28-17-21(7-10-34-28)26-5-6-27-30(36-26)40(20(2)35-27)23-18-24(31)29(25(32)19-23)39-15-13-38(14-16-39)22-8-11-37(3)12-9-22/h5-7,10,17-19,22H,4,8-9,11-16H2,1-3H3,(H,33,34). The smallest absolute Gasteiger partial charge is 0.165 e. The van der Waals surface area contributed by atoms with Crippen molar-refractivity contribution in [1.29, 1.82) is 0 Å². The number of nitrogens with zero attached hydrogens (tertiary/aromatic N) is 7. The van der Waals surface area contributed by atoms with Crippen LogP contribution in [0.15, 0.2) is 42.6 Å². The first-order valence-electron chi connectivity index (χ1n) is 14.1. The van der Waals surface area contributed by atoms with E-state index in [1.165, 1.54) is 12.1 Å². The van der Waals surface area contributed by atoms with Crippen molar-refractivity contribution >= 4 is 22.7 Å². The SMILES string of the molecule is CCNc1cc(-c2ccc3nc(C)n(-c4cc(F)c(N5CCN(C6CCN(C)CC6)CC5)c(F)c4)c3n2)ccn1. The molecule has 0 bridgehead atoms. The molecule has 10 heteroatoms. The Balaban J connectivity index is 1.27. The number of likely N-dealkylation sites (tertiary alicyclic amines) is 1. The monoisotopic (exact) mass is 546 g/mol. The molecule has 2 fully saturated rings. The zero-order valence-corrected chi connectivity index (χ0v) is 23.4. The Kier molecular flexibility index (Phi) is 7.37. The quantitative estimate of drug-likeness (QED) is 0.376. The molecular weight excluding hydrogens is 510 g/mol. The Morgan fingerprint density at radius 2 is 1.65 bits per heavy atom. The number of aromatic nitrogens is 4. The second-order valence-electron chi connectivity index (χ2n) is 10.8. The molecule has 1 aromatic carbocycles. The van der Waals surface area contributed by atoms with Crippen LogP contribution in [0.2, 0.25) is 0 Å². The van der Waals surface area contributed by atoms with Gasteiger partial charge in [-0.15, -0.1) is 0 Å². The number of anilines is 2. The van der Waals surface area contributed by atoms with Gasteiger partial charge in [0.1, 0.15) is 22.8 Å². The number of piperazine rings is 1. The van der Waals surface area contributed by atoms with E-state index in [0.717, 1.165) is 62.6 Å². The topological polar surface area (TPSA) is 65.4 Å². The first-order valence-corrected chi connectivity index (χ1v) is 14.1. The van der Waals surface area contributed by atoms with Gasteiger partial charge in [-0.25, -0.2) is 23.7 Å².